The zero-order valence-electron chi connectivity index (χ0n) is 15.8. The van der Waals surface area contributed by atoms with Crippen molar-refractivity contribution in [2.24, 2.45) is 0 Å². The Morgan fingerprint density at radius 1 is 1.10 bits per heavy atom. The largest absolute Gasteiger partial charge is 0.351 e. The average Bonchev–Trinajstić information content (AvgIpc) is 3.21. The molecule has 158 valence electrons. The van der Waals surface area contributed by atoms with Gasteiger partial charge in [-0.1, -0.05) is 30.0 Å². The fourth-order valence-corrected chi connectivity index (χ4v) is 4.47. The highest BCUT2D eigenvalue weighted by atomic mass is 32.2. The van der Waals surface area contributed by atoms with Gasteiger partial charge < -0.3 is 5.32 Å². The zero-order valence-corrected chi connectivity index (χ0v) is 17.4. The van der Waals surface area contributed by atoms with E-state index in [1.165, 1.54) is 35.6 Å². The lowest BCUT2D eigenvalue weighted by Crippen LogP contribution is -2.26. The molecule has 1 N–H and O–H groups in total. The fourth-order valence-electron chi connectivity index (χ4n) is 2.87. The van der Waals surface area contributed by atoms with Gasteiger partial charge in [0.05, 0.1) is 17.0 Å². The van der Waals surface area contributed by atoms with Crippen LogP contribution in [0.1, 0.15) is 5.56 Å². The van der Waals surface area contributed by atoms with E-state index in [0.717, 1.165) is 28.5 Å². The van der Waals surface area contributed by atoms with Crippen LogP contribution in [0.25, 0.3) is 15.9 Å². The van der Waals surface area contributed by atoms with Crippen molar-refractivity contribution in [2.75, 3.05) is 5.75 Å². The molecule has 1 amide bonds. The van der Waals surface area contributed by atoms with Gasteiger partial charge in [-0.25, -0.2) is 18.2 Å². The van der Waals surface area contributed by atoms with Gasteiger partial charge in [0.25, 0.3) is 5.56 Å². The van der Waals surface area contributed by atoms with Crippen molar-refractivity contribution < 1.29 is 18.0 Å². The van der Waals surface area contributed by atoms with Crippen LogP contribution in [-0.4, -0.2) is 21.2 Å². The number of rotatable bonds is 6. The molecule has 0 atom stereocenters. The molecule has 0 unspecified atom stereocenters. The van der Waals surface area contributed by atoms with Crippen molar-refractivity contribution in [1.82, 2.24) is 14.9 Å². The topological polar surface area (TPSA) is 64.0 Å². The first-order chi connectivity index (χ1) is 14.9. The third-order valence-corrected chi connectivity index (χ3v) is 6.20. The van der Waals surface area contributed by atoms with Crippen molar-refractivity contribution in [3.8, 4) is 5.69 Å². The number of thiophene rings is 1. The predicted molar refractivity (Wildman–Crippen MR) is 114 cm³/mol. The number of fused-ring (bicyclic) bond motifs is 1. The maximum absolute atomic E-state index is 14.4. The summed E-state index contributed by atoms with van der Waals surface area (Å²) in [7, 11) is 0. The molecule has 0 saturated heterocycles. The second kappa shape index (κ2) is 8.94. The Balaban J connectivity index is 1.56. The van der Waals surface area contributed by atoms with Crippen LogP contribution in [0.5, 0.6) is 0 Å². The van der Waals surface area contributed by atoms with E-state index in [1.54, 1.807) is 17.5 Å². The van der Waals surface area contributed by atoms with Crippen LogP contribution in [0.15, 0.2) is 63.9 Å². The number of para-hydroxylation sites is 1. The van der Waals surface area contributed by atoms with Gasteiger partial charge in [0.2, 0.25) is 5.91 Å². The summed E-state index contributed by atoms with van der Waals surface area (Å²) in [5.74, 6) is -2.65. The van der Waals surface area contributed by atoms with E-state index in [1.807, 2.05) is 0 Å². The third kappa shape index (κ3) is 4.49. The van der Waals surface area contributed by atoms with Crippen molar-refractivity contribution >= 4 is 39.2 Å². The predicted octanol–water partition coefficient (Wildman–Crippen LogP) is 4.27. The summed E-state index contributed by atoms with van der Waals surface area (Å²) in [5.41, 5.74) is 0.202. The van der Waals surface area contributed by atoms with Gasteiger partial charge in [0.15, 0.2) is 5.16 Å². The molecule has 2 aromatic carbocycles. The van der Waals surface area contributed by atoms with Crippen LogP contribution in [0.4, 0.5) is 13.2 Å². The van der Waals surface area contributed by atoms with Crippen LogP contribution in [0, 0.1) is 17.5 Å². The smallest absolute Gasteiger partial charge is 0.276 e. The molecule has 0 fully saturated rings. The number of nitrogens with zero attached hydrogens (tertiary/aromatic N) is 2. The number of nitrogens with one attached hydrogen (secondary N) is 1. The van der Waals surface area contributed by atoms with Gasteiger partial charge in [-0.15, -0.1) is 11.3 Å². The zero-order chi connectivity index (χ0) is 22.0. The molecule has 0 saturated carbocycles. The summed E-state index contributed by atoms with van der Waals surface area (Å²) in [6, 6.07) is 10.6. The van der Waals surface area contributed by atoms with Gasteiger partial charge in [0.1, 0.15) is 22.2 Å². The molecule has 2 heterocycles. The average molecular weight is 461 g/mol. The minimum atomic E-state index is -0.758. The Morgan fingerprint density at radius 2 is 1.90 bits per heavy atom. The van der Waals surface area contributed by atoms with Gasteiger partial charge in [-0.3, -0.25) is 14.2 Å². The maximum Gasteiger partial charge on any atom is 0.276 e. The molecule has 2 aromatic heterocycles. The molecule has 0 aliphatic carbocycles. The van der Waals surface area contributed by atoms with Crippen molar-refractivity contribution in [1.29, 1.82) is 0 Å². The first-order valence-electron chi connectivity index (χ1n) is 9.02. The van der Waals surface area contributed by atoms with E-state index in [-0.39, 0.29) is 28.7 Å². The number of benzene rings is 2. The monoisotopic (exact) mass is 461 g/mol. The van der Waals surface area contributed by atoms with Crippen LogP contribution in [-0.2, 0) is 11.3 Å². The number of hydrogen-bond acceptors (Lipinski definition) is 5. The molecular weight excluding hydrogens is 447 g/mol. The number of halogens is 3. The summed E-state index contributed by atoms with van der Waals surface area (Å²) in [6.45, 7) is -0.122. The summed E-state index contributed by atoms with van der Waals surface area (Å²) in [5, 5.41) is 4.41. The molecule has 31 heavy (non-hydrogen) atoms. The summed E-state index contributed by atoms with van der Waals surface area (Å²) >= 11 is 2.16. The Labute approximate surface area is 182 Å². The van der Waals surface area contributed by atoms with Crippen molar-refractivity contribution in [3.63, 3.8) is 0 Å². The highest BCUT2D eigenvalue weighted by Gasteiger charge is 2.18. The molecule has 5 nitrogen and oxygen atoms in total. The van der Waals surface area contributed by atoms with E-state index >= 15 is 0 Å². The van der Waals surface area contributed by atoms with Crippen LogP contribution in [0.2, 0.25) is 0 Å². The highest BCUT2D eigenvalue weighted by Crippen LogP contribution is 2.24. The van der Waals surface area contributed by atoms with Gasteiger partial charge in [0, 0.05) is 18.2 Å². The maximum atomic E-state index is 14.4. The standard InChI is InChI=1S/C21H14F3N3O2S2/c22-13-6-5-12(15(24)9-13)10-25-18(28)11-31-21-26-16-7-8-30-19(16)20(29)27(21)17-4-2-1-3-14(17)23/h1-9H,10-11H2,(H,25,28). The quantitative estimate of drug-likeness (QED) is 0.344. The first kappa shape index (κ1) is 21.1. The lowest BCUT2D eigenvalue weighted by molar-refractivity contribution is -0.118. The molecule has 0 bridgehead atoms. The van der Waals surface area contributed by atoms with Gasteiger partial charge in [-0.2, -0.15) is 0 Å². The summed E-state index contributed by atoms with van der Waals surface area (Å²) in [4.78, 5) is 29.6. The number of amides is 1. The molecule has 4 rings (SSSR count). The minimum Gasteiger partial charge on any atom is -0.351 e. The molecule has 0 radical (unpaired) electrons. The van der Waals surface area contributed by atoms with Crippen molar-refractivity contribution in [2.45, 2.75) is 11.7 Å². The molecule has 0 spiro atoms. The van der Waals surface area contributed by atoms with Crippen LogP contribution >= 0.6 is 23.1 Å². The van der Waals surface area contributed by atoms with Gasteiger partial charge >= 0.3 is 0 Å². The Kier molecular flexibility index (Phi) is 6.10. The first-order valence-corrected chi connectivity index (χ1v) is 10.9. The molecule has 4 aromatic rings. The number of aromatic nitrogens is 2. The Morgan fingerprint density at radius 3 is 2.68 bits per heavy atom. The molecule has 0 aliphatic rings. The minimum absolute atomic E-state index is 0.0339. The van der Waals surface area contributed by atoms with E-state index in [4.69, 9.17) is 0 Å². The third-order valence-electron chi connectivity index (χ3n) is 4.37. The van der Waals surface area contributed by atoms with E-state index < -0.39 is 28.9 Å². The van der Waals surface area contributed by atoms with E-state index in [9.17, 15) is 22.8 Å². The van der Waals surface area contributed by atoms with Crippen LogP contribution in [0.3, 0.4) is 0 Å². The second-order valence-electron chi connectivity index (χ2n) is 6.42. The van der Waals surface area contributed by atoms with Crippen LogP contribution < -0.4 is 10.9 Å². The summed E-state index contributed by atoms with van der Waals surface area (Å²) < 4.78 is 42.6. The van der Waals surface area contributed by atoms with E-state index in [2.05, 4.69) is 10.3 Å². The fraction of sp³-hybridized carbons (Fsp3) is 0.0952. The Bertz CT molecular complexity index is 1340. The molecule has 10 heteroatoms. The summed E-state index contributed by atoms with van der Waals surface area (Å²) in [6.07, 6.45) is 0. The lowest BCUT2D eigenvalue weighted by Gasteiger charge is -2.13. The number of hydrogen-bond donors (Lipinski definition) is 1. The van der Waals surface area contributed by atoms with E-state index in [0.29, 0.717) is 10.2 Å². The normalized spacial score (nSPS) is 11.1. The lowest BCUT2D eigenvalue weighted by atomic mass is 10.2. The molecule has 0 aliphatic heterocycles. The molecular formula is C21H14F3N3O2S2. The number of carbonyl (C=O) groups is 1. The Hall–Kier alpha value is -3.11. The van der Waals surface area contributed by atoms with Crippen molar-refractivity contribution in [3.05, 3.63) is 87.3 Å². The highest BCUT2D eigenvalue weighted by molar-refractivity contribution is 7.99. The number of carbonyl (C=O) groups excluding carboxylic acids is 1. The SMILES string of the molecule is O=C(CSc1nc2ccsc2c(=O)n1-c1ccccc1F)NCc1ccc(F)cc1F. The van der Waals surface area contributed by atoms with Gasteiger partial charge in [-0.05, 0) is 29.6 Å². The second-order valence-corrected chi connectivity index (χ2v) is 8.28. The number of thioether (sulfide) groups is 1.